The molecule has 0 radical (unpaired) electrons. The standard InChI is InChI=1S/C16H15BrO2/c1-11(19-12(2)18)14-9-6-10-15(16(14)17)13-7-4-3-5-8-13/h3-11H,1-2H3. The van der Waals surface area contributed by atoms with Gasteiger partial charge in [0.25, 0.3) is 0 Å². The van der Waals surface area contributed by atoms with Crippen molar-refractivity contribution < 1.29 is 9.53 Å². The lowest BCUT2D eigenvalue weighted by molar-refractivity contribution is -0.145. The predicted octanol–water partition coefficient (Wildman–Crippen LogP) is 4.74. The highest BCUT2D eigenvalue weighted by molar-refractivity contribution is 9.10. The van der Waals surface area contributed by atoms with Crippen LogP contribution in [-0.2, 0) is 9.53 Å². The Morgan fingerprint density at radius 1 is 1.11 bits per heavy atom. The molecule has 1 atom stereocenters. The Hall–Kier alpha value is -1.61. The van der Waals surface area contributed by atoms with Crippen molar-refractivity contribution in [1.29, 1.82) is 0 Å². The van der Waals surface area contributed by atoms with Gasteiger partial charge in [-0.1, -0.05) is 48.5 Å². The van der Waals surface area contributed by atoms with Gasteiger partial charge in [-0.25, -0.2) is 0 Å². The maximum absolute atomic E-state index is 11.1. The zero-order chi connectivity index (χ0) is 13.8. The highest BCUT2D eigenvalue weighted by atomic mass is 79.9. The fourth-order valence-electron chi connectivity index (χ4n) is 2.02. The van der Waals surface area contributed by atoms with Gasteiger partial charge in [0.2, 0.25) is 0 Å². The second-order valence-electron chi connectivity index (χ2n) is 4.33. The van der Waals surface area contributed by atoms with Crippen molar-refractivity contribution in [2.75, 3.05) is 0 Å². The summed E-state index contributed by atoms with van der Waals surface area (Å²) in [6, 6.07) is 16.1. The summed E-state index contributed by atoms with van der Waals surface area (Å²) in [5, 5.41) is 0. The van der Waals surface area contributed by atoms with E-state index in [2.05, 4.69) is 28.1 Å². The van der Waals surface area contributed by atoms with E-state index in [-0.39, 0.29) is 12.1 Å². The Labute approximate surface area is 121 Å². The van der Waals surface area contributed by atoms with Gasteiger partial charge in [0.1, 0.15) is 6.10 Å². The number of carbonyl (C=O) groups excluding carboxylic acids is 1. The smallest absolute Gasteiger partial charge is 0.303 e. The van der Waals surface area contributed by atoms with E-state index in [0.717, 1.165) is 21.2 Å². The van der Waals surface area contributed by atoms with E-state index >= 15 is 0 Å². The molecule has 0 fully saturated rings. The average molecular weight is 319 g/mol. The Bertz CT molecular complexity index is 579. The molecule has 2 rings (SSSR count). The van der Waals surface area contributed by atoms with Crippen LogP contribution in [0.2, 0.25) is 0 Å². The zero-order valence-electron chi connectivity index (χ0n) is 10.9. The molecule has 0 aliphatic rings. The Balaban J connectivity index is 2.41. The summed E-state index contributed by atoms with van der Waals surface area (Å²) in [5.41, 5.74) is 3.19. The Kier molecular flexibility index (Phi) is 4.38. The minimum atomic E-state index is -0.274. The van der Waals surface area contributed by atoms with Gasteiger partial charge in [-0.2, -0.15) is 0 Å². The summed E-state index contributed by atoms with van der Waals surface area (Å²) in [6.45, 7) is 3.29. The minimum Gasteiger partial charge on any atom is -0.458 e. The topological polar surface area (TPSA) is 26.3 Å². The molecule has 0 spiro atoms. The molecule has 0 amide bonds. The molecule has 0 saturated heterocycles. The lowest BCUT2D eigenvalue weighted by Crippen LogP contribution is -2.05. The maximum atomic E-state index is 11.1. The lowest BCUT2D eigenvalue weighted by atomic mass is 10.0. The first-order valence-electron chi connectivity index (χ1n) is 6.10. The highest BCUT2D eigenvalue weighted by Gasteiger charge is 2.15. The van der Waals surface area contributed by atoms with Gasteiger partial charge in [-0.05, 0) is 34.0 Å². The Morgan fingerprint density at radius 3 is 2.42 bits per heavy atom. The highest BCUT2D eigenvalue weighted by Crippen LogP contribution is 2.34. The Morgan fingerprint density at radius 2 is 1.79 bits per heavy atom. The molecule has 2 aromatic rings. The third-order valence-electron chi connectivity index (χ3n) is 2.89. The zero-order valence-corrected chi connectivity index (χ0v) is 12.5. The van der Waals surface area contributed by atoms with Crippen LogP contribution in [0.15, 0.2) is 53.0 Å². The van der Waals surface area contributed by atoms with Crippen LogP contribution in [0.4, 0.5) is 0 Å². The molecule has 0 saturated carbocycles. The van der Waals surface area contributed by atoms with E-state index in [1.807, 2.05) is 43.3 Å². The number of ether oxygens (including phenoxy) is 1. The van der Waals surface area contributed by atoms with Gasteiger partial charge >= 0.3 is 5.97 Å². The van der Waals surface area contributed by atoms with E-state index in [4.69, 9.17) is 4.74 Å². The molecule has 0 N–H and O–H groups in total. The molecular weight excluding hydrogens is 304 g/mol. The SMILES string of the molecule is CC(=O)OC(C)c1cccc(-c2ccccc2)c1Br. The molecule has 2 nitrogen and oxygen atoms in total. The van der Waals surface area contributed by atoms with E-state index < -0.39 is 0 Å². The largest absolute Gasteiger partial charge is 0.458 e. The molecule has 3 heteroatoms. The second-order valence-corrected chi connectivity index (χ2v) is 5.12. The number of hydrogen-bond acceptors (Lipinski definition) is 2. The van der Waals surface area contributed by atoms with E-state index in [0.29, 0.717) is 0 Å². The molecule has 0 bridgehead atoms. The monoisotopic (exact) mass is 318 g/mol. The summed E-state index contributed by atoms with van der Waals surface area (Å²) in [4.78, 5) is 11.1. The van der Waals surface area contributed by atoms with Gasteiger partial charge in [-0.3, -0.25) is 4.79 Å². The number of carbonyl (C=O) groups is 1. The first-order valence-corrected chi connectivity index (χ1v) is 6.90. The van der Waals surface area contributed by atoms with Crippen molar-refractivity contribution in [3.05, 3.63) is 58.6 Å². The molecule has 1 unspecified atom stereocenters. The van der Waals surface area contributed by atoms with Crippen molar-refractivity contribution >= 4 is 21.9 Å². The van der Waals surface area contributed by atoms with E-state index in [1.165, 1.54) is 6.92 Å². The average Bonchev–Trinajstić information content (AvgIpc) is 2.39. The van der Waals surface area contributed by atoms with Crippen LogP contribution >= 0.6 is 15.9 Å². The molecule has 19 heavy (non-hydrogen) atoms. The van der Waals surface area contributed by atoms with Crippen LogP contribution in [0.1, 0.15) is 25.5 Å². The first kappa shape index (κ1) is 13.8. The van der Waals surface area contributed by atoms with Gasteiger partial charge < -0.3 is 4.74 Å². The van der Waals surface area contributed by atoms with Crippen molar-refractivity contribution in [2.45, 2.75) is 20.0 Å². The van der Waals surface area contributed by atoms with Gasteiger partial charge in [-0.15, -0.1) is 0 Å². The number of benzene rings is 2. The molecular formula is C16H15BrO2. The lowest BCUT2D eigenvalue weighted by Gasteiger charge is -2.16. The number of halogens is 1. The number of rotatable bonds is 3. The van der Waals surface area contributed by atoms with Crippen LogP contribution in [0.3, 0.4) is 0 Å². The van der Waals surface area contributed by atoms with Crippen LogP contribution in [0, 0.1) is 0 Å². The molecule has 0 aliphatic carbocycles. The summed E-state index contributed by atoms with van der Waals surface area (Å²) in [7, 11) is 0. The maximum Gasteiger partial charge on any atom is 0.303 e. The number of esters is 1. The van der Waals surface area contributed by atoms with E-state index in [1.54, 1.807) is 0 Å². The molecule has 2 aromatic carbocycles. The van der Waals surface area contributed by atoms with E-state index in [9.17, 15) is 4.79 Å². The molecule has 0 aromatic heterocycles. The summed E-state index contributed by atoms with van der Waals surface area (Å²) < 4.78 is 6.21. The van der Waals surface area contributed by atoms with Gasteiger partial charge in [0.05, 0.1) is 0 Å². The van der Waals surface area contributed by atoms with Gasteiger partial charge in [0.15, 0.2) is 0 Å². The molecule has 98 valence electrons. The third kappa shape index (κ3) is 3.24. The van der Waals surface area contributed by atoms with Crippen molar-refractivity contribution in [3.63, 3.8) is 0 Å². The van der Waals surface area contributed by atoms with Gasteiger partial charge in [0, 0.05) is 17.0 Å². The van der Waals surface area contributed by atoms with Crippen molar-refractivity contribution in [1.82, 2.24) is 0 Å². The summed E-state index contributed by atoms with van der Waals surface area (Å²) in [5.74, 6) is -0.274. The van der Waals surface area contributed by atoms with Crippen molar-refractivity contribution in [2.24, 2.45) is 0 Å². The van der Waals surface area contributed by atoms with Crippen molar-refractivity contribution in [3.8, 4) is 11.1 Å². The van der Waals surface area contributed by atoms with Crippen LogP contribution < -0.4 is 0 Å². The quantitative estimate of drug-likeness (QED) is 0.764. The van der Waals surface area contributed by atoms with Crippen LogP contribution in [0.25, 0.3) is 11.1 Å². The fraction of sp³-hybridized carbons (Fsp3) is 0.188. The summed E-state index contributed by atoms with van der Waals surface area (Å²) in [6.07, 6.45) is -0.268. The summed E-state index contributed by atoms with van der Waals surface area (Å²) >= 11 is 3.62. The number of hydrogen-bond donors (Lipinski definition) is 0. The second kappa shape index (κ2) is 6.02. The first-order chi connectivity index (χ1) is 9.09. The van der Waals surface area contributed by atoms with Crippen LogP contribution in [-0.4, -0.2) is 5.97 Å². The third-order valence-corrected chi connectivity index (χ3v) is 3.78. The normalized spacial score (nSPS) is 11.9. The fourth-order valence-corrected chi connectivity index (χ4v) is 2.83. The predicted molar refractivity (Wildman–Crippen MR) is 79.8 cm³/mol. The van der Waals surface area contributed by atoms with Crippen LogP contribution in [0.5, 0.6) is 0 Å². The minimum absolute atomic E-state index is 0.268. The molecule has 0 aliphatic heterocycles. The molecule has 0 heterocycles.